The minimum Gasteiger partial charge on any atom is -0.466 e. The van der Waals surface area contributed by atoms with E-state index >= 15 is 0 Å². The van der Waals surface area contributed by atoms with Crippen LogP contribution >= 0.6 is 0 Å². The average Bonchev–Trinajstić information content (AvgIpc) is 3.32. The van der Waals surface area contributed by atoms with Crippen molar-refractivity contribution in [3.8, 4) is 0 Å². The molecule has 0 heterocycles. The summed E-state index contributed by atoms with van der Waals surface area (Å²) in [6, 6.07) is -0.636. The third-order valence-electron chi connectivity index (χ3n) is 13.4. The van der Waals surface area contributed by atoms with E-state index in [1.165, 1.54) is 205 Å². The molecule has 2 atom stereocenters. The summed E-state index contributed by atoms with van der Waals surface area (Å²) < 4.78 is 5.45. The summed E-state index contributed by atoms with van der Waals surface area (Å²) in [5, 5.41) is 23.1. The van der Waals surface area contributed by atoms with E-state index in [9.17, 15) is 19.8 Å². The fourth-order valence-electron chi connectivity index (χ4n) is 8.92. The van der Waals surface area contributed by atoms with Crippen molar-refractivity contribution in [3.05, 3.63) is 36.5 Å². The fraction of sp³-hybridized carbons (Fsp3) is 0.867. The minimum absolute atomic E-state index is 0.0127. The van der Waals surface area contributed by atoms with Crippen molar-refractivity contribution in [3.63, 3.8) is 0 Å². The standard InChI is InChI=1S/C60H113NO5/c1-3-5-7-9-11-13-15-17-18-22-25-29-32-36-40-44-48-52-58(63)57(56-62)61-59(64)53-49-45-41-37-33-30-26-23-20-19-21-24-27-31-35-39-43-47-51-55-66-60(65)54-50-46-42-38-34-28-16-14-12-10-8-6-4-2/h24,27,31,35,48,52,57-58,62-63H,3-23,25-26,28-30,32-34,36-47,49-51,53-56H2,1-2H3,(H,61,64)/b27-24-,35-31-,52-48+. The Hall–Kier alpha value is -1.92. The number of hydrogen-bond donors (Lipinski definition) is 3. The predicted molar refractivity (Wildman–Crippen MR) is 287 cm³/mol. The molecule has 0 aliphatic heterocycles. The number of unbranched alkanes of at least 4 members (excludes halogenated alkanes) is 40. The van der Waals surface area contributed by atoms with Gasteiger partial charge in [0.1, 0.15) is 0 Å². The first kappa shape index (κ1) is 64.1. The summed E-state index contributed by atoms with van der Waals surface area (Å²) in [6.45, 7) is 4.87. The van der Waals surface area contributed by atoms with Crippen LogP contribution in [-0.2, 0) is 14.3 Å². The van der Waals surface area contributed by atoms with Gasteiger partial charge < -0.3 is 20.3 Å². The molecule has 0 aromatic heterocycles. The Balaban J connectivity index is 3.51. The second-order valence-electron chi connectivity index (χ2n) is 20.0. The first-order valence-corrected chi connectivity index (χ1v) is 29.3. The molecule has 388 valence electrons. The van der Waals surface area contributed by atoms with E-state index in [4.69, 9.17) is 4.74 Å². The molecule has 0 aromatic rings. The highest BCUT2D eigenvalue weighted by atomic mass is 16.5. The number of amides is 1. The monoisotopic (exact) mass is 928 g/mol. The largest absolute Gasteiger partial charge is 0.466 e. The summed E-state index contributed by atoms with van der Waals surface area (Å²) in [4.78, 5) is 24.5. The molecule has 0 rings (SSSR count). The van der Waals surface area contributed by atoms with Gasteiger partial charge in [0.15, 0.2) is 0 Å². The van der Waals surface area contributed by atoms with Gasteiger partial charge in [-0.15, -0.1) is 0 Å². The van der Waals surface area contributed by atoms with Gasteiger partial charge in [0.05, 0.1) is 25.4 Å². The van der Waals surface area contributed by atoms with Crippen LogP contribution in [0.2, 0.25) is 0 Å². The number of aliphatic hydroxyl groups is 2. The van der Waals surface area contributed by atoms with Crippen molar-refractivity contribution >= 4 is 11.9 Å². The fourth-order valence-corrected chi connectivity index (χ4v) is 8.92. The molecular weight excluding hydrogens is 815 g/mol. The molecule has 3 N–H and O–H groups in total. The van der Waals surface area contributed by atoms with Gasteiger partial charge in [-0.3, -0.25) is 9.59 Å². The molecule has 0 spiro atoms. The Morgan fingerprint density at radius 1 is 0.424 bits per heavy atom. The molecule has 0 fully saturated rings. The zero-order valence-electron chi connectivity index (χ0n) is 44.2. The van der Waals surface area contributed by atoms with Gasteiger partial charge in [-0.25, -0.2) is 0 Å². The van der Waals surface area contributed by atoms with E-state index in [0.717, 1.165) is 77.0 Å². The van der Waals surface area contributed by atoms with Gasteiger partial charge in [-0.2, -0.15) is 0 Å². The van der Waals surface area contributed by atoms with E-state index in [1.54, 1.807) is 6.08 Å². The van der Waals surface area contributed by atoms with Gasteiger partial charge >= 0.3 is 5.97 Å². The third kappa shape index (κ3) is 51.5. The van der Waals surface area contributed by atoms with Crippen LogP contribution in [0.25, 0.3) is 0 Å². The highest BCUT2D eigenvalue weighted by Gasteiger charge is 2.18. The van der Waals surface area contributed by atoms with E-state index in [0.29, 0.717) is 19.4 Å². The molecule has 1 amide bonds. The first-order chi connectivity index (χ1) is 32.5. The predicted octanol–water partition coefficient (Wildman–Crippen LogP) is 18.0. The zero-order valence-corrected chi connectivity index (χ0v) is 44.2. The van der Waals surface area contributed by atoms with Crippen LogP contribution in [0.3, 0.4) is 0 Å². The first-order valence-electron chi connectivity index (χ1n) is 29.3. The molecule has 0 aliphatic rings. The van der Waals surface area contributed by atoms with E-state index < -0.39 is 12.1 Å². The van der Waals surface area contributed by atoms with Gasteiger partial charge in [-0.1, -0.05) is 269 Å². The maximum atomic E-state index is 12.5. The topological polar surface area (TPSA) is 95.9 Å². The SMILES string of the molecule is CCCCCCCCCCCCCCCCC/C=C/C(O)C(CO)NC(=O)CCCCCCCCCCCC/C=C\C=C/CCCCCOC(=O)CCCCCCCCCCCCCCC. The van der Waals surface area contributed by atoms with Crippen molar-refractivity contribution in [2.24, 2.45) is 0 Å². The number of allylic oxidation sites excluding steroid dienone is 5. The zero-order chi connectivity index (χ0) is 47.9. The summed E-state index contributed by atoms with van der Waals surface area (Å²) in [6.07, 6.45) is 68.8. The lowest BCUT2D eigenvalue weighted by atomic mass is 10.0. The molecule has 6 heteroatoms. The molecule has 0 saturated carbocycles. The van der Waals surface area contributed by atoms with Crippen LogP contribution in [0, 0.1) is 0 Å². The lowest BCUT2D eigenvalue weighted by molar-refractivity contribution is -0.143. The Morgan fingerprint density at radius 2 is 0.742 bits per heavy atom. The Labute approximate surface area is 411 Å². The van der Waals surface area contributed by atoms with Crippen LogP contribution < -0.4 is 5.32 Å². The van der Waals surface area contributed by atoms with Gasteiger partial charge in [-0.05, 0) is 64.2 Å². The van der Waals surface area contributed by atoms with Crippen molar-refractivity contribution in [2.75, 3.05) is 13.2 Å². The highest BCUT2D eigenvalue weighted by molar-refractivity contribution is 5.76. The molecule has 0 aliphatic carbocycles. The van der Waals surface area contributed by atoms with Crippen molar-refractivity contribution < 1.29 is 24.5 Å². The minimum atomic E-state index is -0.851. The lowest BCUT2D eigenvalue weighted by Crippen LogP contribution is -2.45. The number of esters is 1. The quantitative estimate of drug-likeness (QED) is 0.0244. The van der Waals surface area contributed by atoms with Crippen LogP contribution in [0.4, 0.5) is 0 Å². The number of carbonyl (C=O) groups is 2. The number of aliphatic hydroxyl groups excluding tert-OH is 2. The molecule has 0 bridgehead atoms. The second-order valence-corrected chi connectivity index (χ2v) is 20.0. The molecule has 66 heavy (non-hydrogen) atoms. The van der Waals surface area contributed by atoms with Crippen LogP contribution in [0.1, 0.15) is 309 Å². The molecule has 6 nitrogen and oxygen atoms in total. The van der Waals surface area contributed by atoms with E-state index in [1.807, 2.05) is 6.08 Å². The molecule has 0 saturated heterocycles. The van der Waals surface area contributed by atoms with E-state index in [2.05, 4.69) is 43.5 Å². The Bertz CT molecular complexity index is 1070. The van der Waals surface area contributed by atoms with Crippen LogP contribution in [0.15, 0.2) is 36.5 Å². The van der Waals surface area contributed by atoms with Gasteiger partial charge in [0.2, 0.25) is 5.91 Å². The highest BCUT2D eigenvalue weighted by Crippen LogP contribution is 2.17. The van der Waals surface area contributed by atoms with Gasteiger partial charge in [0, 0.05) is 12.8 Å². The van der Waals surface area contributed by atoms with Crippen molar-refractivity contribution in [2.45, 2.75) is 321 Å². The normalized spacial score (nSPS) is 12.8. The summed E-state index contributed by atoms with van der Waals surface area (Å²) in [5.74, 6) is -0.0892. The molecular formula is C60H113NO5. The summed E-state index contributed by atoms with van der Waals surface area (Å²) in [5.41, 5.74) is 0. The smallest absolute Gasteiger partial charge is 0.305 e. The molecule has 0 aromatic carbocycles. The van der Waals surface area contributed by atoms with Gasteiger partial charge in [0.25, 0.3) is 0 Å². The molecule has 2 unspecified atom stereocenters. The number of ether oxygens (including phenoxy) is 1. The maximum absolute atomic E-state index is 12.5. The average molecular weight is 929 g/mol. The summed E-state index contributed by atoms with van der Waals surface area (Å²) in [7, 11) is 0. The maximum Gasteiger partial charge on any atom is 0.305 e. The second kappa shape index (κ2) is 55.7. The Kier molecular flexibility index (Phi) is 54.1. The lowest BCUT2D eigenvalue weighted by Gasteiger charge is -2.20. The summed E-state index contributed by atoms with van der Waals surface area (Å²) >= 11 is 0. The number of hydrogen-bond acceptors (Lipinski definition) is 5. The number of rotatable bonds is 54. The van der Waals surface area contributed by atoms with Crippen molar-refractivity contribution in [1.82, 2.24) is 5.32 Å². The van der Waals surface area contributed by atoms with Crippen LogP contribution in [-0.4, -0.2) is 47.4 Å². The van der Waals surface area contributed by atoms with E-state index in [-0.39, 0.29) is 18.5 Å². The number of nitrogens with one attached hydrogen (secondary N) is 1. The molecule has 0 radical (unpaired) electrons. The van der Waals surface area contributed by atoms with Crippen LogP contribution in [0.5, 0.6) is 0 Å². The number of carbonyl (C=O) groups excluding carboxylic acids is 2. The van der Waals surface area contributed by atoms with Crippen molar-refractivity contribution in [1.29, 1.82) is 0 Å². The third-order valence-corrected chi connectivity index (χ3v) is 13.4. The Morgan fingerprint density at radius 3 is 1.12 bits per heavy atom.